The van der Waals surface area contributed by atoms with Gasteiger partial charge in [-0.25, -0.2) is 13.1 Å². The Morgan fingerprint density at radius 1 is 1.04 bits per heavy atom. The van der Waals surface area contributed by atoms with Crippen molar-refractivity contribution in [2.24, 2.45) is 0 Å². The monoisotopic (exact) mass is 416 g/mol. The van der Waals surface area contributed by atoms with E-state index in [1.165, 1.54) is 23.5 Å². The number of para-hydroxylation sites is 1. The minimum atomic E-state index is -3.71. The molecule has 0 bridgehead atoms. The summed E-state index contributed by atoms with van der Waals surface area (Å²) in [4.78, 5) is 13.4. The SMILES string of the molecule is COc1ccccc1CNC(=O)c1cccc(S(=O)(=O)NCc2cccs2)c1. The Morgan fingerprint density at radius 3 is 2.61 bits per heavy atom. The molecule has 0 unspecified atom stereocenters. The van der Waals surface area contributed by atoms with E-state index in [0.717, 1.165) is 10.4 Å². The van der Waals surface area contributed by atoms with Crippen molar-refractivity contribution < 1.29 is 17.9 Å². The Kier molecular flexibility index (Phi) is 6.45. The van der Waals surface area contributed by atoms with E-state index in [2.05, 4.69) is 10.0 Å². The van der Waals surface area contributed by atoms with E-state index in [0.29, 0.717) is 5.75 Å². The van der Waals surface area contributed by atoms with Crippen LogP contribution in [0.4, 0.5) is 0 Å². The lowest BCUT2D eigenvalue weighted by Crippen LogP contribution is -2.25. The summed E-state index contributed by atoms with van der Waals surface area (Å²) in [7, 11) is -2.15. The molecule has 1 amide bonds. The molecule has 8 heteroatoms. The van der Waals surface area contributed by atoms with Gasteiger partial charge in [0.2, 0.25) is 10.0 Å². The number of amides is 1. The fraction of sp³-hybridized carbons (Fsp3) is 0.150. The highest BCUT2D eigenvalue weighted by atomic mass is 32.2. The van der Waals surface area contributed by atoms with Crippen molar-refractivity contribution in [1.29, 1.82) is 0 Å². The quantitative estimate of drug-likeness (QED) is 0.591. The van der Waals surface area contributed by atoms with Crippen LogP contribution in [-0.2, 0) is 23.1 Å². The number of thiophene rings is 1. The van der Waals surface area contributed by atoms with Crippen LogP contribution in [0.3, 0.4) is 0 Å². The normalized spacial score (nSPS) is 11.2. The molecular formula is C20H20N2O4S2. The first kappa shape index (κ1) is 20.1. The molecule has 0 atom stereocenters. The second-order valence-electron chi connectivity index (χ2n) is 5.93. The lowest BCUT2D eigenvalue weighted by atomic mass is 10.2. The number of carbonyl (C=O) groups excluding carboxylic acids is 1. The molecule has 28 heavy (non-hydrogen) atoms. The number of rotatable bonds is 8. The van der Waals surface area contributed by atoms with Crippen LogP contribution < -0.4 is 14.8 Å². The average molecular weight is 417 g/mol. The molecule has 0 saturated carbocycles. The van der Waals surface area contributed by atoms with E-state index < -0.39 is 10.0 Å². The number of carbonyl (C=O) groups is 1. The van der Waals surface area contributed by atoms with Gasteiger partial charge in [-0.1, -0.05) is 30.3 Å². The molecule has 2 aromatic carbocycles. The molecule has 0 fully saturated rings. The number of hydrogen-bond acceptors (Lipinski definition) is 5. The predicted molar refractivity (Wildman–Crippen MR) is 109 cm³/mol. The largest absolute Gasteiger partial charge is 0.496 e. The molecule has 3 aromatic rings. The summed E-state index contributed by atoms with van der Waals surface area (Å²) in [6.07, 6.45) is 0. The van der Waals surface area contributed by atoms with Gasteiger partial charge >= 0.3 is 0 Å². The van der Waals surface area contributed by atoms with Gasteiger partial charge < -0.3 is 10.1 Å². The van der Waals surface area contributed by atoms with Gasteiger partial charge in [-0.15, -0.1) is 11.3 Å². The summed E-state index contributed by atoms with van der Waals surface area (Å²) in [5.41, 5.74) is 1.11. The fourth-order valence-corrected chi connectivity index (χ4v) is 4.38. The minimum Gasteiger partial charge on any atom is -0.496 e. The molecule has 0 saturated heterocycles. The van der Waals surface area contributed by atoms with Gasteiger partial charge in [-0.2, -0.15) is 0 Å². The van der Waals surface area contributed by atoms with Crippen molar-refractivity contribution in [2.75, 3.05) is 7.11 Å². The maximum atomic E-state index is 12.5. The van der Waals surface area contributed by atoms with Gasteiger partial charge in [-0.05, 0) is 35.7 Å². The first-order valence-electron chi connectivity index (χ1n) is 8.52. The first-order chi connectivity index (χ1) is 13.5. The van der Waals surface area contributed by atoms with Gasteiger partial charge in [0.05, 0.1) is 12.0 Å². The van der Waals surface area contributed by atoms with Crippen LogP contribution in [0.1, 0.15) is 20.8 Å². The molecule has 146 valence electrons. The smallest absolute Gasteiger partial charge is 0.251 e. The third-order valence-corrected chi connectivity index (χ3v) is 6.33. The molecule has 0 radical (unpaired) electrons. The van der Waals surface area contributed by atoms with E-state index in [1.54, 1.807) is 19.2 Å². The predicted octanol–water partition coefficient (Wildman–Crippen LogP) is 3.17. The van der Waals surface area contributed by atoms with E-state index >= 15 is 0 Å². The van der Waals surface area contributed by atoms with Crippen LogP contribution >= 0.6 is 11.3 Å². The maximum absolute atomic E-state index is 12.5. The van der Waals surface area contributed by atoms with Crippen molar-refractivity contribution in [3.05, 3.63) is 82.0 Å². The summed E-state index contributed by atoms with van der Waals surface area (Å²) in [6, 6.07) is 17.1. The van der Waals surface area contributed by atoms with Gasteiger partial charge in [0.25, 0.3) is 5.91 Å². The maximum Gasteiger partial charge on any atom is 0.251 e. The summed E-state index contributed by atoms with van der Waals surface area (Å²) in [6.45, 7) is 0.487. The van der Waals surface area contributed by atoms with Crippen LogP contribution in [-0.4, -0.2) is 21.4 Å². The highest BCUT2D eigenvalue weighted by molar-refractivity contribution is 7.89. The molecule has 6 nitrogen and oxygen atoms in total. The lowest BCUT2D eigenvalue weighted by molar-refractivity contribution is 0.0950. The third-order valence-electron chi connectivity index (χ3n) is 4.05. The van der Waals surface area contributed by atoms with Crippen molar-refractivity contribution in [3.63, 3.8) is 0 Å². The first-order valence-corrected chi connectivity index (χ1v) is 10.9. The highest BCUT2D eigenvalue weighted by Crippen LogP contribution is 2.18. The second kappa shape index (κ2) is 9.01. The number of nitrogens with one attached hydrogen (secondary N) is 2. The van der Waals surface area contributed by atoms with Crippen LogP contribution in [0.15, 0.2) is 70.9 Å². The zero-order chi connectivity index (χ0) is 20.0. The van der Waals surface area contributed by atoms with Crippen LogP contribution in [0.5, 0.6) is 5.75 Å². The number of methoxy groups -OCH3 is 1. The molecule has 1 heterocycles. The van der Waals surface area contributed by atoms with E-state index in [9.17, 15) is 13.2 Å². The molecule has 0 aliphatic heterocycles. The Morgan fingerprint density at radius 2 is 1.86 bits per heavy atom. The zero-order valence-corrected chi connectivity index (χ0v) is 16.8. The Balaban J connectivity index is 1.68. The summed E-state index contributed by atoms with van der Waals surface area (Å²) in [5.74, 6) is 0.318. The van der Waals surface area contributed by atoms with Crippen molar-refractivity contribution in [3.8, 4) is 5.75 Å². The zero-order valence-electron chi connectivity index (χ0n) is 15.2. The number of ether oxygens (including phenoxy) is 1. The van der Waals surface area contributed by atoms with Gasteiger partial charge in [-0.3, -0.25) is 4.79 Å². The van der Waals surface area contributed by atoms with Crippen LogP contribution in [0, 0.1) is 0 Å². The Bertz CT molecular complexity index is 1050. The standard InChI is InChI=1S/C20H20N2O4S2/c1-26-19-10-3-2-6-16(19)13-21-20(23)15-7-4-9-18(12-15)28(24,25)22-14-17-8-5-11-27-17/h2-12,22H,13-14H2,1H3,(H,21,23). The average Bonchev–Trinajstić information content (AvgIpc) is 3.24. The van der Waals surface area contributed by atoms with Gasteiger partial charge in [0.1, 0.15) is 5.75 Å². The Labute approximate surface area is 168 Å². The second-order valence-corrected chi connectivity index (χ2v) is 8.73. The molecule has 0 spiro atoms. The summed E-state index contributed by atoms with van der Waals surface area (Å²) in [5, 5.41) is 4.68. The molecule has 3 rings (SSSR count). The van der Waals surface area contributed by atoms with Gasteiger partial charge in [0, 0.05) is 29.1 Å². The topological polar surface area (TPSA) is 84.5 Å². The van der Waals surface area contributed by atoms with Crippen molar-refractivity contribution in [1.82, 2.24) is 10.0 Å². The van der Waals surface area contributed by atoms with Crippen molar-refractivity contribution in [2.45, 2.75) is 18.0 Å². The fourth-order valence-electron chi connectivity index (χ4n) is 2.59. The summed E-state index contributed by atoms with van der Waals surface area (Å²) < 4.78 is 32.8. The number of sulfonamides is 1. The van der Waals surface area contributed by atoms with E-state index in [1.807, 2.05) is 41.8 Å². The number of hydrogen-bond donors (Lipinski definition) is 2. The third kappa shape index (κ3) is 4.98. The molecule has 1 aromatic heterocycles. The molecule has 0 aliphatic rings. The number of benzene rings is 2. The van der Waals surface area contributed by atoms with E-state index in [4.69, 9.17) is 4.74 Å². The molecule has 2 N–H and O–H groups in total. The van der Waals surface area contributed by atoms with Crippen LogP contribution in [0.2, 0.25) is 0 Å². The summed E-state index contributed by atoms with van der Waals surface area (Å²) >= 11 is 1.47. The van der Waals surface area contributed by atoms with Crippen molar-refractivity contribution >= 4 is 27.3 Å². The van der Waals surface area contributed by atoms with Gasteiger partial charge in [0.15, 0.2) is 0 Å². The Hall–Kier alpha value is -2.68. The molecule has 0 aliphatic carbocycles. The van der Waals surface area contributed by atoms with E-state index in [-0.39, 0.29) is 29.5 Å². The molecular weight excluding hydrogens is 396 g/mol. The minimum absolute atomic E-state index is 0.0500. The highest BCUT2D eigenvalue weighted by Gasteiger charge is 2.16. The van der Waals surface area contributed by atoms with Crippen LogP contribution in [0.25, 0.3) is 0 Å². The lowest BCUT2D eigenvalue weighted by Gasteiger charge is -2.10.